The molecule has 0 saturated heterocycles. The molecule has 2 rings (SSSR count). The van der Waals surface area contributed by atoms with E-state index in [1.807, 2.05) is 6.92 Å². The van der Waals surface area contributed by atoms with Crippen LogP contribution >= 0.6 is 11.3 Å². The molecular weight excluding hydrogens is 202 g/mol. The molecule has 14 heavy (non-hydrogen) atoms. The second-order valence-corrected chi connectivity index (χ2v) is 3.61. The van der Waals surface area contributed by atoms with Gasteiger partial charge in [0, 0.05) is 18.0 Å². The number of hydrogen-bond acceptors (Lipinski definition) is 5. The number of aryl methyl sites for hydroxylation is 1. The van der Waals surface area contributed by atoms with E-state index in [9.17, 15) is 4.79 Å². The average Bonchev–Trinajstić information content (AvgIpc) is 2.77. The maximum atomic E-state index is 11.2. The van der Waals surface area contributed by atoms with Gasteiger partial charge in [-0.05, 0) is 0 Å². The molecule has 0 radical (unpaired) electrons. The summed E-state index contributed by atoms with van der Waals surface area (Å²) in [6.45, 7) is 2.32. The molecule has 2 heterocycles. The normalized spacial score (nSPS) is 10.6. The van der Waals surface area contributed by atoms with E-state index in [0.717, 1.165) is 11.3 Å². The lowest BCUT2D eigenvalue weighted by molar-refractivity contribution is 0.375. The first-order valence-electron chi connectivity index (χ1n) is 4.25. The van der Waals surface area contributed by atoms with Crippen molar-refractivity contribution < 1.29 is 4.52 Å². The highest BCUT2D eigenvalue weighted by Gasteiger charge is 2.05. The molecule has 2 aromatic heterocycles. The monoisotopic (exact) mass is 211 g/mol. The summed E-state index contributed by atoms with van der Waals surface area (Å²) < 4.78 is 6.48. The van der Waals surface area contributed by atoms with Gasteiger partial charge in [0.05, 0.1) is 6.54 Å². The zero-order valence-corrected chi connectivity index (χ0v) is 8.45. The summed E-state index contributed by atoms with van der Waals surface area (Å²) in [6.07, 6.45) is 2.43. The van der Waals surface area contributed by atoms with Crippen LogP contribution in [0.25, 0.3) is 0 Å². The number of aromatic nitrogens is 3. The lowest BCUT2D eigenvalue weighted by Gasteiger charge is -1.92. The van der Waals surface area contributed by atoms with Gasteiger partial charge in [-0.15, -0.1) is 0 Å². The molecule has 0 aliphatic carbocycles. The van der Waals surface area contributed by atoms with Crippen LogP contribution in [-0.4, -0.2) is 14.7 Å². The van der Waals surface area contributed by atoms with Crippen molar-refractivity contribution in [2.24, 2.45) is 0 Å². The van der Waals surface area contributed by atoms with Crippen molar-refractivity contribution in [3.05, 3.63) is 33.0 Å². The van der Waals surface area contributed by atoms with Crippen LogP contribution in [-0.2, 0) is 13.0 Å². The lowest BCUT2D eigenvalue weighted by Crippen LogP contribution is -2.13. The van der Waals surface area contributed by atoms with Crippen LogP contribution in [0.2, 0.25) is 0 Å². The zero-order chi connectivity index (χ0) is 9.97. The number of rotatable bonds is 3. The van der Waals surface area contributed by atoms with E-state index in [-0.39, 0.29) is 4.87 Å². The summed E-state index contributed by atoms with van der Waals surface area (Å²) in [5.74, 6) is 1.14. The lowest BCUT2D eigenvalue weighted by atomic mass is 10.5. The fourth-order valence-electron chi connectivity index (χ4n) is 1.06. The molecule has 0 amide bonds. The number of hydrogen-bond donors (Lipinski definition) is 0. The van der Waals surface area contributed by atoms with Crippen LogP contribution in [0, 0.1) is 0 Å². The first kappa shape index (κ1) is 9.14. The van der Waals surface area contributed by atoms with Crippen LogP contribution in [0.5, 0.6) is 0 Å². The van der Waals surface area contributed by atoms with Crippen molar-refractivity contribution in [2.75, 3.05) is 0 Å². The molecule has 0 aromatic carbocycles. The third kappa shape index (κ3) is 1.74. The second kappa shape index (κ2) is 3.75. The third-order valence-corrected chi connectivity index (χ3v) is 2.46. The van der Waals surface area contributed by atoms with E-state index in [4.69, 9.17) is 4.52 Å². The molecule has 0 atom stereocenters. The van der Waals surface area contributed by atoms with Crippen molar-refractivity contribution in [1.29, 1.82) is 0 Å². The van der Waals surface area contributed by atoms with Gasteiger partial charge in [-0.1, -0.05) is 23.4 Å². The molecule has 5 nitrogen and oxygen atoms in total. The van der Waals surface area contributed by atoms with E-state index in [1.54, 1.807) is 16.1 Å². The molecule has 0 aliphatic heterocycles. The molecule has 2 aromatic rings. The standard InChI is InChI=1S/C8H9N3O2S/c1-2-7-9-6(10-13-7)5-11-3-4-14-8(11)12/h3-4H,2,5H2,1H3. The Kier molecular flexibility index (Phi) is 2.45. The average molecular weight is 211 g/mol. The van der Waals surface area contributed by atoms with Gasteiger partial charge in [0.25, 0.3) is 0 Å². The molecule has 74 valence electrons. The van der Waals surface area contributed by atoms with Gasteiger partial charge in [0.1, 0.15) is 0 Å². The number of nitrogens with zero attached hydrogens (tertiary/aromatic N) is 3. The SMILES string of the molecule is CCc1nc(Cn2ccsc2=O)no1. The van der Waals surface area contributed by atoms with Crippen molar-refractivity contribution in [3.63, 3.8) is 0 Å². The molecule has 0 aliphatic rings. The van der Waals surface area contributed by atoms with Crippen LogP contribution in [0.3, 0.4) is 0 Å². The molecular formula is C8H9N3O2S. The molecule has 6 heteroatoms. The minimum absolute atomic E-state index is 0.00662. The fourth-order valence-corrected chi connectivity index (χ4v) is 1.64. The van der Waals surface area contributed by atoms with Gasteiger partial charge >= 0.3 is 4.87 Å². The molecule has 0 N–H and O–H groups in total. The smallest absolute Gasteiger partial charge is 0.307 e. The minimum atomic E-state index is -0.00662. The van der Waals surface area contributed by atoms with Crippen LogP contribution < -0.4 is 4.87 Å². The van der Waals surface area contributed by atoms with Gasteiger partial charge in [-0.25, -0.2) is 0 Å². The summed E-state index contributed by atoms with van der Waals surface area (Å²) in [5, 5.41) is 5.50. The van der Waals surface area contributed by atoms with Crippen molar-refractivity contribution >= 4 is 11.3 Å². The van der Waals surface area contributed by atoms with Crippen LogP contribution in [0.15, 0.2) is 20.9 Å². The van der Waals surface area contributed by atoms with Crippen molar-refractivity contribution in [2.45, 2.75) is 19.9 Å². The van der Waals surface area contributed by atoms with Crippen LogP contribution in [0.4, 0.5) is 0 Å². The molecule has 0 saturated carbocycles. The van der Waals surface area contributed by atoms with E-state index >= 15 is 0 Å². The predicted octanol–water partition coefficient (Wildman–Crippen LogP) is 0.903. The topological polar surface area (TPSA) is 60.9 Å². The fraction of sp³-hybridized carbons (Fsp3) is 0.375. The Morgan fingerprint density at radius 1 is 1.64 bits per heavy atom. The van der Waals surface area contributed by atoms with Gasteiger partial charge in [0.15, 0.2) is 5.82 Å². The largest absolute Gasteiger partial charge is 0.339 e. The van der Waals surface area contributed by atoms with Gasteiger partial charge in [-0.2, -0.15) is 4.98 Å². The second-order valence-electron chi connectivity index (χ2n) is 2.75. The van der Waals surface area contributed by atoms with Crippen molar-refractivity contribution in [3.8, 4) is 0 Å². The number of thiazole rings is 1. The summed E-state index contributed by atoms with van der Waals surface area (Å²) >= 11 is 1.16. The van der Waals surface area contributed by atoms with Gasteiger partial charge in [0.2, 0.25) is 5.89 Å². The highest BCUT2D eigenvalue weighted by Crippen LogP contribution is 2.00. The highest BCUT2D eigenvalue weighted by molar-refractivity contribution is 7.07. The summed E-state index contributed by atoms with van der Waals surface area (Å²) in [4.78, 5) is 15.3. The minimum Gasteiger partial charge on any atom is -0.339 e. The first-order valence-corrected chi connectivity index (χ1v) is 5.13. The maximum absolute atomic E-state index is 11.2. The van der Waals surface area contributed by atoms with E-state index in [2.05, 4.69) is 10.1 Å². The maximum Gasteiger partial charge on any atom is 0.307 e. The van der Waals surface area contributed by atoms with E-state index < -0.39 is 0 Å². The Balaban J connectivity index is 2.19. The van der Waals surface area contributed by atoms with E-state index in [1.165, 1.54) is 0 Å². The summed E-state index contributed by atoms with van der Waals surface area (Å²) in [5.41, 5.74) is 0. The Bertz CT molecular complexity index is 471. The summed E-state index contributed by atoms with van der Waals surface area (Å²) in [7, 11) is 0. The van der Waals surface area contributed by atoms with Crippen LogP contribution in [0.1, 0.15) is 18.6 Å². The molecule has 0 fully saturated rings. The molecule has 0 spiro atoms. The molecule has 0 unspecified atom stereocenters. The summed E-state index contributed by atoms with van der Waals surface area (Å²) in [6, 6.07) is 0. The Morgan fingerprint density at radius 3 is 3.07 bits per heavy atom. The third-order valence-electron chi connectivity index (χ3n) is 1.77. The quantitative estimate of drug-likeness (QED) is 0.756. The predicted molar refractivity (Wildman–Crippen MR) is 51.4 cm³/mol. The van der Waals surface area contributed by atoms with Gasteiger partial charge in [-0.3, -0.25) is 9.36 Å². The van der Waals surface area contributed by atoms with Crippen molar-refractivity contribution in [1.82, 2.24) is 14.7 Å². The zero-order valence-electron chi connectivity index (χ0n) is 7.64. The Labute approximate surface area is 84.0 Å². The van der Waals surface area contributed by atoms with E-state index in [0.29, 0.717) is 24.7 Å². The molecule has 0 bridgehead atoms. The Hall–Kier alpha value is -1.43. The highest BCUT2D eigenvalue weighted by atomic mass is 32.1. The Morgan fingerprint density at radius 2 is 2.50 bits per heavy atom. The first-order chi connectivity index (χ1) is 6.79. The van der Waals surface area contributed by atoms with Gasteiger partial charge < -0.3 is 4.52 Å².